The molecule has 5 nitrogen and oxygen atoms in total. The van der Waals surface area contributed by atoms with Gasteiger partial charge in [-0.15, -0.1) is 0 Å². The van der Waals surface area contributed by atoms with Gasteiger partial charge in [0.2, 0.25) is 0 Å². The summed E-state index contributed by atoms with van der Waals surface area (Å²) in [6.07, 6.45) is -1.53. The van der Waals surface area contributed by atoms with Crippen LogP contribution in [0.4, 0.5) is 13.6 Å². The number of alkyl halides is 2. The van der Waals surface area contributed by atoms with Crippen LogP contribution < -0.4 is 0 Å². The van der Waals surface area contributed by atoms with E-state index in [4.69, 9.17) is 9.84 Å². The van der Waals surface area contributed by atoms with Gasteiger partial charge in [0, 0.05) is 12.3 Å². The molecule has 1 saturated carbocycles. The highest BCUT2D eigenvalue weighted by Crippen LogP contribution is 2.54. The molecule has 0 bridgehead atoms. The van der Waals surface area contributed by atoms with Crippen molar-refractivity contribution in [2.75, 3.05) is 0 Å². The lowest BCUT2D eigenvalue weighted by Gasteiger charge is -2.43. The van der Waals surface area contributed by atoms with Crippen LogP contribution in [0.1, 0.15) is 33.6 Å². The van der Waals surface area contributed by atoms with E-state index in [0.717, 1.165) is 4.90 Å². The Hall–Kier alpha value is -1.40. The van der Waals surface area contributed by atoms with Crippen molar-refractivity contribution in [2.24, 2.45) is 5.92 Å². The Labute approximate surface area is 109 Å². The highest BCUT2D eigenvalue weighted by atomic mass is 19.3. The second kappa shape index (κ2) is 4.05. The highest BCUT2D eigenvalue weighted by Gasteiger charge is 2.66. The van der Waals surface area contributed by atoms with Crippen molar-refractivity contribution in [1.82, 2.24) is 4.90 Å². The van der Waals surface area contributed by atoms with E-state index >= 15 is 0 Å². The molecule has 1 N–H and O–H groups in total. The molecule has 0 radical (unpaired) electrons. The maximum Gasteiger partial charge on any atom is 0.411 e. The molecular weight excluding hydrogens is 260 g/mol. The van der Waals surface area contributed by atoms with Gasteiger partial charge in [0.15, 0.2) is 0 Å². The van der Waals surface area contributed by atoms with Crippen molar-refractivity contribution in [3.05, 3.63) is 0 Å². The molecule has 0 aromatic carbocycles. The zero-order valence-corrected chi connectivity index (χ0v) is 11.0. The first-order chi connectivity index (χ1) is 8.53. The topological polar surface area (TPSA) is 66.8 Å². The molecule has 3 atom stereocenters. The molecule has 2 fully saturated rings. The smallest absolute Gasteiger partial charge is 0.411 e. The summed E-state index contributed by atoms with van der Waals surface area (Å²) in [5, 5.41) is 9.07. The number of hydrogen-bond acceptors (Lipinski definition) is 3. The summed E-state index contributed by atoms with van der Waals surface area (Å²) in [5.74, 6) is -5.22. The average Bonchev–Trinajstić information content (AvgIpc) is 2.50. The molecule has 0 spiro atoms. The van der Waals surface area contributed by atoms with Crippen LogP contribution >= 0.6 is 0 Å². The van der Waals surface area contributed by atoms with Crippen LogP contribution in [0.3, 0.4) is 0 Å². The monoisotopic (exact) mass is 277 g/mol. The van der Waals surface area contributed by atoms with Gasteiger partial charge >= 0.3 is 12.1 Å². The third-order valence-electron chi connectivity index (χ3n) is 3.55. The zero-order valence-electron chi connectivity index (χ0n) is 11.0. The van der Waals surface area contributed by atoms with E-state index in [2.05, 4.69) is 0 Å². The number of halogens is 2. The van der Waals surface area contributed by atoms with E-state index in [9.17, 15) is 18.4 Å². The minimum Gasteiger partial charge on any atom is -0.480 e. The Morgan fingerprint density at radius 1 is 1.37 bits per heavy atom. The van der Waals surface area contributed by atoms with Crippen molar-refractivity contribution in [3.8, 4) is 0 Å². The number of rotatable bonds is 1. The number of carbonyl (C=O) groups excluding carboxylic acids is 1. The van der Waals surface area contributed by atoms with E-state index in [1.807, 2.05) is 0 Å². The minimum absolute atomic E-state index is 0.216. The van der Waals surface area contributed by atoms with Crippen molar-refractivity contribution in [1.29, 1.82) is 0 Å². The minimum atomic E-state index is -2.88. The first kappa shape index (κ1) is 14.0. The number of hydrogen-bond donors (Lipinski definition) is 1. The molecule has 1 aliphatic heterocycles. The fraction of sp³-hybridized carbons (Fsp3) is 0.833. The summed E-state index contributed by atoms with van der Waals surface area (Å²) in [5.41, 5.74) is -0.787. The second-order valence-electron chi connectivity index (χ2n) is 6.12. The van der Waals surface area contributed by atoms with Crippen LogP contribution in [-0.4, -0.2) is 45.7 Å². The number of carboxylic acids is 1. The number of fused-ring (bicyclic) bond motifs is 1. The molecule has 7 heteroatoms. The summed E-state index contributed by atoms with van der Waals surface area (Å²) >= 11 is 0. The third-order valence-corrected chi connectivity index (χ3v) is 3.55. The lowest BCUT2D eigenvalue weighted by Crippen LogP contribution is -2.57. The van der Waals surface area contributed by atoms with Gasteiger partial charge in [0.1, 0.15) is 11.6 Å². The molecule has 0 unspecified atom stereocenters. The number of likely N-dealkylation sites (tertiary alicyclic amines) is 1. The van der Waals surface area contributed by atoms with Gasteiger partial charge in [0.05, 0.1) is 6.04 Å². The van der Waals surface area contributed by atoms with Crippen LogP contribution in [0.5, 0.6) is 0 Å². The Balaban J connectivity index is 2.18. The van der Waals surface area contributed by atoms with Crippen molar-refractivity contribution in [3.63, 3.8) is 0 Å². The molecule has 108 valence electrons. The Morgan fingerprint density at radius 2 is 1.95 bits per heavy atom. The standard InChI is InChI=1S/C12H17F2NO4/c1-11(2,3)19-10(18)15-7(9(16)17)4-6-8(15)5-12(6,13)14/h6-8H,4-5H2,1-3H3,(H,16,17)/t6-,7+,8-/m1/s1. The van der Waals surface area contributed by atoms with Crippen LogP contribution in [0, 0.1) is 5.92 Å². The molecule has 1 amide bonds. The Kier molecular flexibility index (Phi) is 2.98. The number of carbonyl (C=O) groups is 2. The fourth-order valence-corrected chi connectivity index (χ4v) is 2.70. The predicted octanol–water partition coefficient (Wildman–Crippen LogP) is 2.10. The SMILES string of the molecule is CC(C)(C)OC(=O)N1[C@@H]2CC(F)(F)[C@@H]2C[C@H]1C(=O)O. The van der Waals surface area contributed by atoms with Crippen LogP contribution in [-0.2, 0) is 9.53 Å². The molecule has 2 aliphatic rings. The molecule has 0 aromatic rings. The van der Waals surface area contributed by atoms with Crippen molar-refractivity contribution in [2.45, 2.75) is 57.2 Å². The van der Waals surface area contributed by atoms with E-state index in [1.54, 1.807) is 20.8 Å². The molecule has 2 rings (SSSR count). The fourth-order valence-electron chi connectivity index (χ4n) is 2.70. The van der Waals surface area contributed by atoms with Gasteiger partial charge in [-0.2, -0.15) is 0 Å². The predicted molar refractivity (Wildman–Crippen MR) is 61.0 cm³/mol. The van der Waals surface area contributed by atoms with E-state index in [0.29, 0.717) is 0 Å². The van der Waals surface area contributed by atoms with Gasteiger partial charge in [-0.1, -0.05) is 0 Å². The summed E-state index contributed by atoms with van der Waals surface area (Å²) in [6.45, 7) is 4.93. The lowest BCUT2D eigenvalue weighted by molar-refractivity contribution is -0.157. The molecule has 1 saturated heterocycles. The number of aliphatic carboxylic acids is 1. The van der Waals surface area contributed by atoms with Gasteiger partial charge in [-0.3, -0.25) is 4.90 Å². The van der Waals surface area contributed by atoms with Crippen LogP contribution in [0.25, 0.3) is 0 Å². The third kappa shape index (κ3) is 2.37. The highest BCUT2D eigenvalue weighted by molar-refractivity contribution is 5.81. The molecule has 1 aliphatic carbocycles. The maximum absolute atomic E-state index is 13.3. The van der Waals surface area contributed by atoms with Gasteiger partial charge in [-0.25, -0.2) is 18.4 Å². The summed E-state index contributed by atoms with van der Waals surface area (Å²) in [6, 6.07) is -1.95. The number of carboxylic acid groups (broad SMARTS) is 1. The maximum atomic E-state index is 13.3. The van der Waals surface area contributed by atoms with Gasteiger partial charge < -0.3 is 9.84 Å². The number of nitrogens with zero attached hydrogens (tertiary/aromatic N) is 1. The lowest BCUT2D eigenvalue weighted by atomic mass is 9.76. The van der Waals surface area contributed by atoms with Gasteiger partial charge in [0.25, 0.3) is 5.92 Å². The largest absolute Gasteiger partial charge is 0.480 e. The quantitative estimate of drug-likeness (QED) is 0.797. The Bertz CT molecular complexity index is 418. The first-order valence-corrected chi connectivity index (χ1v) is 6.15. The molecule has 0 aromatic heterocycles. The number of amides is 1. The van der Waals surface area contributed by atoms with E-state index in [-0.39, 0.29) is 6.42 Å². The number of ether oxygens (including phenoxy) is 1. The van der Waals surface area contributed by atoms with Crippen molar-refractivity contribution < 1.29 is 28.2 Å². The summed E-state index contributed by atoms with van der Waals surface area (Å²) in [4.78, 5) is 24.1. The summed E-state index contributed by atoms with van der Waals surface area (Å²) < 4.78 is 31.8. The van der Waals surface area contributed by atoms with Crippen molar-refractivity contribution >= 4 is 12.1 Å². The average molecular weight is 277 g/mol. The second-order valence-corrected chi connectivity index (χ2v) is 6.12. The zero-order chi connectivity index (χ0) is 14.6. The summed E-state index contributed by atoms with van der Waals surface area (Å²) in [7, 11) is 0. The molecule has 1 heterocycles. The van der Waals surface area contributed by atoms with Crippen LogP contribution in [0.15, 0.2) is 0 Å². The van der Waals surface area contributed by atoms with Crippen LogP contribution in [0.2, 0.25) is 0 Å². The normalized spacial score (nSPS) is 32.5. The van der Waals surface area contributed by atoms with Gasteiger partial charge in [-0.05, 0) is 27.2 Å². The molecule has 19 heavy (non-hydrogen) atoms. The van der Waals surface area contributed by atoms with E-state index < -0.39 is 48.0 Å². The first-order valence-electron chi connectivity index (χ1n) is 6.15. The Morgan fingerprint density at radius 3 is 2.37 bits per heavy atom. The molecular formula is C12H17F2NO4. The van der Waals surface area contributed by atoms with E-state index in [1.165, 1.54) is 0 Å².